The molecule has 0 bridgehead atoms. The first kappa shape index (κ1) is 17.5. The molecule has 6 nitrogen and oxygen atoms in total. The second-order valence-corrected chi connectivity index (χ2v) is 7.47. The Kier molecular flexibility index (Phi) is 4.79. The highest BCUT2D eigenvalue weighted by Crippen LogP contribution is 2.25. The van der Waals surface area contributed by atoms with Gasteiger partial charge in [0.15, 0.2) is 0 Å². The Morgan fingerprint density at radius 3 is 2.80 bits per heavy atom. The number of aryl methyl sites for hydroxylation is 1. The van der Waals surface area contributed by atoms with E-state index in [0.717, 1.165) is 5.56 Å². The topological polar surface area (TPSA) is 78.5 Å². The van der Waals surface area contributed by atoms with Gasteiger partial charge in [-0.2, -0.15) is 0 Å². The van der Waals surface area contributed by atoms with E-state index in [1.54, 1.807) is 11.0 Å². The van der Waals surface area contributed by atoms with Gasteiger partial charge in [0.25, 0.3) is 5.91 Å². The summed E-state index contributed by atoms with van der Waals surface area (Å²) in [6, 6.07) is 6.24. The number of piperazine rings is 1. The van der Waals surface area contributed by atoms with Gasteiger partial charge in [-0.3, -0.25) is 14.4 Å². The van der Waals surface area contributed by atoms with E-state index in [2.05, 4.69) is 10.6 Å². The van der Waals surface area contributed by atoms with E-state index in [1.807, 2.05) is 39.0 Å². The molecule has 3 rings (SSSR count). The molecule has 2 heterocycles. The fourth-order valence-electron chi connectivity index (χ4n) is 3.65. The fraction of sp³-hybridized carbons (Fsp3) is 0.526. The molecule has 2 saturated heterocycles. The van der Waals surface area contributed by atoms with Crippen LogP contribution in [0.25, 0.3) is 0 Å². The normalized spacial score (nSPS) is 25.8. The van der Waals surface area contributed by atoms with E-state index >= 15 is 0 Å². The van der Waals surface area contributed by atoms with Crippen LogP contribution in [0.3, 0.4) is 0 Å². The summed E-state index contributed by atoms with van der Waals surface area (Å²) >= 11 is 0. The van der Waals surface area contributed by atoms with E-state index in [0.29, 0.717) is 30.9 Å². The van der Waals surface area contributed by atoms with Gasteiger partial charge >= 0.3 is 0 Å². The Balaban J connectivity index is 1.67. The van der Waals surface area contributed by atoms with Gasteiger partial charge in [0.05, 0.1) is 0 Å². The summed E-state index contributed by atoms with van der Waals surface area (Å²) in [6.07, 6.45) is 1.09. The quantitative estimate of drug-likeness (QED) is 0.863. The third kappa shape index (κ3) is 3.67. The summed E-state index contributed by atoms with van der Waals surface area (Å²) in [5.74, 6) is 0.00789. The van der Waals surface area contributed by atoms with Gasteiger partial charge in [-0.05, 0) is 37.8 Å². The molecular weight excluding hydrogens is 318 g/mol. The molecule has 1 aromatic rings. The molecule has 3 atom stereocenters. The number of nitrogens with one attached hydrogen (secondary N) is 2. The molecule has 134 valence electrons. The lowest BCUT2D eigenvalue weighted by Crippen LogP contribution is -2.61. The van der Waals surface area contributed by atoms with Crippen LogP contribution in [0, 0.1) is 12.8 Å². The van der Waals surface area contributed by atoms with Crippen LogP contribution >= 0.6 is 0 Å². The molecular formula is C19H25N3O3. The first-order valence-electron chi connectivity index (χ1n) is 8.83. The smallest absolute Gasteiger partial charge is 0.251 e. The van der Waals surface area contributed by atoms with Crippen molar-refractivity contribution in [2.45, 2.75) is 51.7 Å². The maximum Gasteiger partial charge on any atom is 0.251 e. The lowest BCUT2D eigenvalue weighted by molar-refractivity contribution is -0.147. The molecule has 0 aromatic heterocycles. The van der Waals surface area contributed by atoms with Crippen LogP contribution in [-0.4, -0.2) is 47.3 Å². The minimum absolute atomic E-state index is 0.0365. The molecule has 2 N–H and O–H groups in total. The highest BCUT2D eigenvalue weighted by molar-refractivity contribution is 5.98. The first-order valence-corrected chi connectivity index (χ1v) is 8.83. The Bertz CT molecular complexity index is 701. The maximum atomic E-state index is 12.6. The van der Waals surface area contributed by atoms with Gasteiger partial charge in [-0.25, -0.2) is 0 Å². The highest BCUT2D eigenvalue weighted by atomic mass is 16.2. The van der Waals surface area contributed by atoms with Crippen LogP contribution in [0.5, 0.6) is 0 Å². The van der Waals surface area contributed by atoms with Crippen LogP contribution < -0.4 is 10.6 Å². The molecule has 3 amide bonds. The Labute approximate surface area is 148 Å². The predicted molar refractivity (Wildman–Crippen MR) is 93.9 cm³/mol. The second kappa shape index (κ2) is 6.86. The van der Waals surface area contributed by atoms with Gasteiger partial charge in [0.2, 0.25) is 11.8 Å². The van der Waals surface area contributed by atoms with Crippen molar-refractivity contribution in [3.8, 4) is 0 Å². The summed E-state index contributed by atoms with van der Waals surface area (Å²) in [7, 11) is 0. The molecule has 2 aliphatic heterocycles. The number of rotatable bonds is 4. The number of fused-ring (bicyclic) bond motifs is 1. The second-order valence-electron chi connectivity index (χ2n) is 7.47. The molecule has 6 heteroatoms. The van der Waals surface area contributed by atoms with Crippen molar-refractivity contribution >= 4 is 17.7 Å². The number of carbonyl (C=O) groups excluding carboxylic acids is 3. The molecule has 1 aromatic carbocycles. The Morgan fingerprint density at radius 2 is 2.12 bits per heavy atom. The Morgan fingerprint density at radius 1 is 1.36 bits per heavy atom. The number of nitrogens with zero attached hydrogens (tertiary/aromatic N) is 1. The molecule has 2 fully saturated rings. The van der Waals surface area contributed by atoms with Crippen molar-refractivity contribution in [2.75, 3.05) is 6.54 Å². The van der Waals surface area contributed by atoms with Gasteiger partial charge in [0, 0.05) is 18.2 Å². The largest absolute Gasteiger partial charge is 0.347 e. The van der Waals surface area contributed by atoms with Crippen LogP contribution in [0.15, 0.2) is 24.3 Å². The molecule has 25 heavy (non-hydrogen) atoms. The van der Waals surface area contributed by atoms with Gasteiger partial charge in [-0.15, -0.1) is 0 Å². The van der Waals surface area contributed by atoms with Crippen molar-refractivity contribution in [2.24, 2.45) is 5.92 Å². The van der Waals surface area contributed by atoms with Crippen molar-refractivity contribution < 1.29 is 14.4 Å². The molecule has 0 saturated carbocycles. The molecule has 0 spiro atoms. The molecule has 2 aliphatic rings. The molecule has 0 unspecified atom stereocenters. The highest BCUT2D eigenvalue weighted by Gasteiger charge is 2.46. The van der Waals surface area contributed by atoms with Crippen molar-refractivity contribution in [3.05, 3.63) is 35.4 Å². The average Bonchev–Trinajstić information content (AvgIpc) is 2.96. The van der Waals surface area contributed by atoms with Gasteiger partial charge in [-0.1, -0.05) is 31.5 Å². The number of amides is 3. The zero-order valence-corrected chi connectivity index (χ0v) is 14.9. The van der Waals surface area contributed by atoms with Crippen molar-refractivity contribution in [3.63, 3.8) is 0 Å². The lowest BCUT2D eigenvalue weighted by Gasteiger charge is -2.35. The number of hydrogen-bond donors (Lipinski definition) is 2. The van der Waals surface area contributed by atoms with E-state index in [9.17, 15) is 14.4 Å². The fourth-order valence-corrected chi connectivity index (χ4v) is 3.65. The third-order valence-electron chi connectivity index (χ3n) is 4.82. The van der Waals surface area contributed by atoms with Gasteiger partial charge in [0.1, 0.15) is 12.1 Å². The minimum Gasteiger partial charge on any atom is -0.347 e. The molecule has 0 aliphatic carbocycles. The van der Waals surface area contributed by atoms with Crippen LogP contribution in [0.4, 0.5) is 0 Å². The average molecular weight is 343 g/mol. The summed E-state index contributed by atoms with van der Waals surface area (Å²) in [5.41, 5.74) is 1.61. The monoisotopic (exact) mass is 343 g/mol. The Hall–Kier alpha value is -2.37. The van der Waals surface area contributed by atoms with Crippen LogP contribution in [-0.2, 0) is 9.59 Å². The van der Waals surface area contributed by atoms with Crippen molar-refractivity contribution in [1.82, 2.24) is 15.5 Å². The van der Waals surface area contributed by atoms with Gasteiger partial charge < -0.3 is 15.5 Å². The van der Waals surface area contributed by atoms with E-state index in [-0.39, 0.29) is 23.8 Å². The summed E-state index contributed by atoms with van der Waals surface area (Å²) in [6.45, 7) is 6.38. The maximum absolute atomic E-state index is 12.6. The minimum atomic E-state index is -0.473. The summed E-state index contributed by atoms with van der Waals surface area (Å²) in [4.78, 5) is 39.0. The summed E-state index contributed by atoms with van der Waals surface area (Å²) in [5, 5.41) is 5.80. The standard InChI is InChI=1S/C19H25N3O3/c1-11(2)7-15-19(25)22-10-14(9-16(22)18(24)21-15)20-17(23)13-6-4-5-12(3)8-13/h4-6,8,11,14-16H,7,9-10H2,1-3H3,(H,20,23)(H,21,24)/t14-,15+,16-/m0/s1. The number of benzene rings is 1. The first-order chi connectivity index (χ1) is 11.8. The zero-order chi connectivity index (χ0) is 18.1. The van der Waals surface area contributed by atoms with Crippen LogP contribution in [0.2, 0.25) is 0 Å². The predicted octanol–water partition coefficient (Wildman–Crippen LogP) is 1.24. The zero-order valence-electron chi connectivity index (χ0n) is 14.9. The SMILES string of the molecule is Cc1cccc(C(=O)N[C@H]2C[C@H]3C(=O)N[C@H](CC(C)C)C(=O)N3C2)c1. The molecule has 0 radical (unpaired) electrons. The van der Waals surface area contributed by atoms with E-state index in [1.165, 1.54) is 0 Å². The third-order valence-corrected chi connectivity index (χ3v) is 4.82. The van der Waals surface area contributed by atoms with E-state index in [4.69, 9.17) is 0 Å². The van der Waals surface area contributed by atoms with E-state index < -0.39 is 12.1 Å². The van der Waals surface area contributed by atoms with Crippen LogP contribution in [0.1, 0.15) is 42.6 Å². The van der Waals surface area contributed by atoms with Crippen molar-refractivity contribution in [1.29, 1.82) is 0 Å². The number of hydrogen-bond acceptors (Lipinski definition) is 3. The lowest BCUT2D eigenvalue weighted by atomic mass is 9.99. The summed E-state index contributed by atoms with van der Waals surface area (Å²) < 4.78 is 0. The number of carbonyl (C=O) groups is 3.